The van der Waals surface area contributed by atoms with Crippen LogP contribution in [0.1, 0.15) is 161 Å². The molecule has 0 saturated heterocycles. The van der Waals surface area contributed by atoms with Gasteiger partial charge in [-0.05, 0) is 63.2 Å². The van der Waals surface area contributed by atoms with Gasteiger partial charge in [-0.15, -0.1) is 0 Å². The van der Waals surface area contributed by atoms with Crippen molar-refractivity contribution < 1.29 is 70.4 Å². The molecule has 0 aliphatic carbocycles. The van der Waals surface area contributed by atoms with Gasteiger partial charge in [0, 0.05) is 6.42 Å². The molecule has 0 spiro atoms. The lowest BCUT2D eigenvalue weighted by atomic mass is 10.0. The van der Waals surface area contributed by atoms with Gasteiger partial charge in [0.2, 0.25) is 0 Å². The lowest BCUT2D eigenvalue weighted by molar-refractivity contribution is -0.862. The molecule has 0 aliphatic rings. The number of rotatable bonds is 37. The number of hydrogen-bond acceptors (Lipinski definition) is 13. The third kappa shape index (κ3) is 39.0. The SMILES string of the molecule is O=C(O)CCCCCCCCCCCCCCCCCCCCCCCCCCOOOOOOOOOOOO. The van der Waals surface area contributed by atoms with Crippen molar-refractivity contribution in [1.29, 1.82) is 0 Å². The van der Waals surface area contributed by atoms with Gasteiger partial charge in [-0.1, -0.05) is 141 Å². The summed E-state index contributed by atoms with van der Waals surface area (Å²) in [6, 6.07) is 0. The Morgan fingerprint density at radius 1 is 0.366 bits per heavy atom. The van der Waals surface area contributed by atoms with Crippen LogP contribution < -0.4 is 0 Å². The fourth-order valence-electron chi connectivity index (χ4n) is 4.47. The molecule has 0 rings (SSSR count). The Kier molecular flexibility index (Phi) is 36.1. The number of aliphatic carboxylic acids is 1. The van der Waals surface area contributed by atoms with Crippen molar-refractivity contribution in [3.8, 4) is 0 Å². The minimum absolute atomic E-state index is 0.322. The molecule has 0 unspecified atom stereocenters. The number of carbonyl (C=O) groups is 1. The van der Waals surface area contributed by atoms with E-state index in [2.05, 4.69) is 50.4 Å². The van der Waals surface area contributed by atoms with Crippen LogP contribution in [0, 0.1) is 0 Å². The van der Waals surface area contributed by atoms with E-state index in [4.69, 9.17) is 15.3 Å². The molecule has 0 radical (unpaired) electrons. The van der Waals surface area contributed by atoms with Crippen molar-refractivity contribution in [2.75, 3.05) is 6.61 Å². The molecule has 0 fully saturated rings. The first-order valence-corrected chi connectivity index (χ1v) is 15.4. The van der Waals surface area contributed by atoms with Crippen LogP contribution in [0.25, 0.3) is 0 Å². The highest BCUT2D eigenvalue weighted by Crippen LogP contribution is 2.16. The van der Waals surface area contributed by atoms with E-state index in [9.17, 15) is 4.79 Å². The molecule has 41 heavy (non-hydrogen) atoms. The smallest absolute Gasteiger partial charge is 0.303 e. The van der Waals surface area contributed by atoms with Crippen molar-refractivity contribution in [3.05, 3.63) is 0 Å². The lowest BCUT2D eigenvalue weighted by Gasteiger charge is -2.04. The van der Waals surface area contributed by atoms with Crippen LogP contribution in [-0.2, 0) is 60.1 Å². The van der Waals surface area contributed by atoms with Gasteiger partial charge in [-0.25, -0.2) is 10.1 Å². The van der Waals surface area contributed by atoms with Crippen molar-refractivity contribution in [3.63, 3.8) is 0 Å². The van der Waals surface area contributed by atoms with Crippen LogP contribution in [-0.4, -0.2) is 22.9 Å². The standard InChI is InChI=1S/C27H54O14/c28-27(29)25-23-21-19-17-15-13-11-9-7-5-3-1-2-4-6-8-10-12-14-16-18-20-22-24-26-31-33-35-37-39-41-40-38-36-34-32-30/h30H,1-26H2,(H,28,29). The minimum Gasteiger partial charge on any atom is -0.481 e. The third-order valence-electron chi connectivity index (χ3n) is 6.67. The van der Waals surface area contributed by atoms with Crippen LogP contribution >= 0.6 is 0 Å². The fraction of sp³-hybridized carbons (Fsp3) is 0.963. The number of carboxylic acids is 1. The Morgan fingerprint density at radius 2 is 0.634 bits per heavy atom. The van der Waals surface area contributed by atoms with Crippen LogP contribution in [0.2, 0.25) is 0 Å². The van der Waals surface area contributed by atoms with E-state index in [1.807, 2.05) is 0 Å². The molecule has 14 heteroatoms. The molecule has 0 aliphatic heterocycles. The zero-order valence-electron chi connectivity index (χ0n) is 24.7. The second kappa shape index (κ2) is 37.0. The topological polar surface area (TPSA) is 159 Å². The molecular formula is C27H54O14. The van der Waals surface area contributed by atoms with Crippen molar-refractivity contribution in [1.82, 2.24) is 0 Å². The maximum Gasteiger partial charge on any atom is 0.303 e. The van der Waals surface area contributed by atoms with Crippen LogP contribution in [0.4, 0.5) is 0 Å². The highest BCUT2D eigenvalue weighted by Gasteiger charge is 1.99. The van der Waals surface area contributed by atoms with Gasteiger partial charge in [-0.3, -0.25) is 4.79 Å². The average molecular weight is 603 g/mol. The predicted octanol–water partition coefficient (Wildman–Crippen LogP) is 8.63. The Labute approximate surface area is 243 Å². The van der Waals surface area contributed by atoms with E-state index in [-0.39, 0.29) is 0 Å². The molecule has 0 amide bonds. The molecule has 0 heterocycles. The molecule has 246 valence electrons. The molecule has 0 aromatic carbocycles. The maximum atomic E-state index is 10.5. The first-order chi connectivity index (χ1) is 20.3. The highest BCUT2D eigenvalue weighted by atomic mass is 18.0. The molecule has 0 bridgehead atoms. The van der Waals surface area contributed by atoms with Gasteiger partial charge in [0.15, 0.2) is 0 Å². The van der Waals surface area contributed by atoms with Crippen LogP contribution in [0.3, 0.4) is 0 Å². The summed E-state index contributed by atoms with van der Waals surface area (Å²) >= 11 is 0. The zero-order chi connectivity index (χ0) is 29.7. The molecule has 0 atom stereocenters. The number of unbranched alkanes of at least 4 members (excludes halogenated alkanes) is 23. The summed E-state index contributed by atoms with van der Waals surface area (Å²) in [7, 11) is 0. The largest absolute Gasteiger partial charge is 0.481 e. The normalized spacial score (nSPS) is 11.4. The summed E-state index contributed by atoms with van der Waals surface area (Å²) in [5, 5.41) is 52.8. The maximum absolute atomic E-state index is 10.5. The van der Waals surface area contributed by atoms with Crippen LogP contribution in [0.15, 0.2) is 0 Å². The first-order valence-electron chi connectivity index (χ1n) is 15.4. The summed E-state index contributed by atoms with van der Waals surface area (Å²) in [6.07, 6.45) is 30.6. The lowest BCUT2D eigenvalue weighted by Crippen LogP contribution is -2.04. The molecule has 14 nitrogen and oxygen atoms in total. The van der Waals surface area contributed by atoms with E-state index >= 15 is 0 Å². The Morgan fingerprint density at radius 3 is 0.951 bits per heavy atom. The van der Waals surface area contributed by atoms with Gasteiger partial charge in [0.25, 0.3) is 0 Å². The van der Waals surface area contributed by atoms with Gasteiger partial charge in [0.1, 0.15) is 0 Å². The highest BCUT2D eigenvalue weighted by molar-refractivity contribution is 5.66. The Balaban J connectivity index is 3.03. The van der Waals surface area contributed by atoms with E-state index < -0.39 is 5.97 Å². The minimum atomic E-state index is -0.670. The van der Waals surface area contributed by atoms with Gasteiger partial charge >= 0.3 is 5.97 Å². The van der Waals surface area contributed by atoms with Gasteiger partial charge in [-0.2, -0.15) is 0 Å². The van der Waals surface area contributed by atoms with Gasteiger partial charge in [0.05, 0.1) is 6.61 Å². The molecule has 0 aromatic heterocycles. The number of carboxylic acid groups (broad SMARTS) is 1. The second-order valence-electron chi connectivity index (χ2n) is 10.1. The fourth-order valence-corrected chi connectivity index (χ4v) is 4.47. The quantitative estimate of drug-likeness (QED) is 0.0395. The second-order valence-corrected chi connectivity index (χ2v) is 10.1. The summed E-state index contributed by atoms with van der Waals surface area (Å²) in [5.74, 6) is -0.670. The van der Waals surface area contributed by atoms with E-state index in [1.165, 1.54) is 122 Å². The van der Waals surface area contributed by atoms with E-state index in [0.29, 0.717) is 13.0 Å². The van der Waals surface area contributed by atoms with E-state index in [1.54, 1.807) is 0 Å². The molecule has 0 saturated carbocycles. The van der Waals surface area contributed by atoms with Crippen molar-refractivity contribution >= 4 is 5.97 Å². The molecular weight excluding hydrogens is 548 g/mol. The third-order valence-corrected chi connectivity index (χ3v) is 6.67. The monoisotopic (exact) mass is 602 g/mol. The molecule has 2 N–H and O–H groups in total. The first kappa shape index (κ1) is 40.0. The van der Waals surface area contributed by atoms with Crippen molar-refractivity contribution in [2.24, 2.45) is 0 Å². The summed E-state index contributed by atoms with van der Waals surface area (Å²) < 4.78 is 0. The summed E-state index contributed by atoms with van der Waals surface area (Å²) in [5.41, 5.74) is 0. The summed E-state index contributed by atoms with van der Waals surface area (Å²) in [6.45, 7) is 0.330. The van der Waals surface area contributed by atoms with Crippen molar-refractivity contribution in [2.45, 2.75) is 161 Å². The Bertz CT molecular complexity index is 501. The van der Waals surface area contributed by atoms with Crippen LogP contribution in [0.5, 0.6) is 0 Å². The average Bonchev–Trinajstić information content (AvgIpc) is 2.97. The van der Waals surface area contributed by atoms with E-state index in [0.717, 1.165) is 32.1 Å². The summed E-state index contributed by atoms with van der Waals surface area (Å²) in [4.78, 5) is 15.2. The predicted molar refractivity (Wildman–Crippen MR) is 142 cm³/mol. The zero-order valence-corrected chi connectivity index (χ0v) is 24.7. The number of hydrogen-bond donors (Lipinski definition) is 2. The molecule has 0 aromatic rings. The van der Waals surface area contributed by atoms with Gasteiger partial charge < -0.3 is 5.11 Å². The Hall–Kier alpha value is -1.01.